The van der Waals surface area contributed by atoms with Crippen LogP contribution in [0.1, 0.15) is 57.4 Å². The van der Waals surface area contributed by atoms with Gasteiger partial charge in [-0.3, -0.25) is 0 Å². The molecule has 0 radical (unpaired) electrons. The SMILES string of the molecule is CCCC(O)CCCCCCc1ccc(N)cc1. The lowest BCUT2D eigenvalue weighted by molar-refractivity contribution is 0.150. The molecule has 0 spiro atoms. The first-order chi connectivity index (χ1) is 8.72. The number of hydrogen-bond acceptors (Lipinski definition) is 2. The Hall–Kier alpha value is -1.02. The zero-order valence-corrected chi connectivity index (χ0v) is 11.6. The van der Waals surface area contributed by atoms with Gasteiger partial charge in [-0.1, -0.05) is 44.7 Å². The Balaban J connectivity index is 2.00. The van der Waals surface area contributed by atoms with E-state index in [0.29, 0.717) is 0 Å². The van der Waals surface area contributed by atoms with Crippen LogP contribution in [0.25, 0.3) is 0 Å². The lowest BCUT2D eigenvalue weighted by Gasteiger charge is -2.08. The number of aryl methyl sites for hydroxylation is 1. The molecule has 0 aliphatic heterocycles. The number of nitrogen functional groups attached to an aromatic ring is 1. The van der Waals surface area contributed by atoms with Crippen molar-refractivity contribution >= 4 is 5.69 Å². The fourth-order valence-corrected chi connectivity index (χ4v) is 2.22. The highest BCUT2D eigenvalue weighted by Crippen LogP contribution is 2.12. The van der Waals surface area contributed by atoms with Gasteiger partial charge in [0.1, 0.15) is 0 Å². The van der Waals surface area contributed by atoms with Gasteiger partial charge in [-0.25, -0.2) is 0 Å². The molecule has 2 nitrogen and oxygen atoms in total. The molecule has 0 saturated carbocycles. The standard InChI is InChI=1S/C16H27NO/c1-2-7-16(18)9-6-4-3-5-8-14-10-12-15(17)13-11-14/h10-13,16,18H,2-9,17H2,1H3. The van der Waals surface area contributed by atoms with Crippen LogP contribution >= 0.6 is 0 Å². The second kappa shape index (κ2) is 8.98. The van der Waals surface area contributed by atoms with Crippen LogP contribution in [0, 0.1) is 0 Å². The highest BCUT2D eigenvalue weighted by Gasteiger charge is 2.01. The van der Waals surface area contributed by atoms with Crippen LogP contribution in [0.3, 0.4) is 0 Å². The summed E-state index contributed by atoms with van der Waals surface area (Å²) in [5.41, 5.74) is 7.86. The molecule has 0 aromatic heterocycles. The summed E-state index contributed by atoms with van der Waals surface area (Å²) in [6, 6.07) is 8.16. The summed E-state index contributed by atoms with van der Waals surface area (Å²) in [5.74, 6) is 0. The molecule has 2 heteroatoms. The van der Waals surface area contributed by atoms with E-state index in [0.717, 1.165) is 37.8 Å². The van der Waals surface area contributed by atoms with Gasteiger partial charge in [0.15, 0.2) is 0 Å². The highest BCUT2D eigenvalue weighted by atomic mass is 16.3. The third-order valence-electron chi connectivity index (χ3n) is 3.35. The first-order valence-electron chi connectivity index (χ1n) is 7.25. The summed E-state index contributed by atoms with van der Waals surface area (Å²) in [4.78, 5) is 0. The molecular formula is C16H27NO. The first kappa shape index (κ1) is 15.0. The van der Waals surface area contributed by atoms with Gasteiger partial charge in [0.25, 0.3) is 0 Å². The Kier molecular flexibility index (Phi) is 7.51. The minimum atomic E-state index is -0.0768. The molecule has 1 atom stereocenters. The first-order valence-corrected chi connectivity index (χ1v) is 7.25. The van der Waals surface area contributed by atoms with Crippen molar-refractivity contribution in [2.24, 2.45) is 0 Å². The van der Waals surface area contributed by atoms with Crippen molar-refractivity contribution < 1.29 is 5.11 Å². The molecule has 102 valence electrons. The van der Waals surface area contributed by atoms with E-state index in [4.69, 9.17) is 5.73 Å². The predicted molar refractivity (Wildman–Crippen MR) is 78.6 cm³/mol. The van der Waals surface area contributed by atoms with Gasteiger partial charge in [-0.05, 0) is 43.4 Å². The number of hydrogen-bond donors (Lipinski definition) is 2. The fraction of sp³-hybridized carbons (Fsp3) is 0.625. The van der Waals surface area contributed by atoms with Crippen LogP contribution in [0.15, 0.2) is 24.3 Å². The molecular weight excluding hydrogens is 222 g/mol. The van der Waals surface area contributed by atoms with Crippen LogP contribution in [-0.2, 0) is 6.42 Å². The summed E-state index contributed by atoms with van der Waals surface area (Å²) in [7, 11) is 0. The van der Waals surface area contributed by atoms with Crippen molar-refractivity contribution in [1.29, 1.82) is 0 Å². The van der Waals surface area contributed by atoms with Gasteiger partial charge in [-0.15, -0.1) is 0 Å². The molecule has 0 bridgehead atoms. The van der Waals surface area contributed by atoms with Crippen molar-refractivity contribution in [1.82, 2.24) is 0 Å². The number of aliphatic hydroxyl groups excluding tert-OH is 1. The summed E-state index contributed by atoms with van der Waals surface area (Å²) >= 11 is 0. The van der Waals surface area contributed by atoms with Crippen molar-refractivity contribution in [3.05, 3.63) is 29.8 Å². The molecule has 0 aliphatic rings. The Bertz CT molecular complexity index is 307. The van der Waals surface area contributed by atoms with E-state index in [-0.39, 0.29) is 6.10 Å². The Morgan fingerprint density at radius 2 is 1.67 bits per heavy atom. The fourth-order valence-electron chi connectivity index (χ4n) is 2.22. The third kappa shape index (κ3) is 6.65. The molecule has 0 heterocycles. The van der Waals surface area contributed by atoms with Crippen LogP contribution in [0.5, 0.6) is 0 Å². The number of unbranched alkanes of at least 4 members (excludes halogenated alkanes) is 3. The van der Waals surface area contributed by atoms with E-state index in [2.05, 4.69) is 19.1 Å². The summed E-state index contributed by atoms with van der Waals surface area (Å²) < 4.78 is 0. The average Bonchev–Trinajstić information content (AvgIpc) is 2.36. The summed E-state index contributed by atoms with van der Waals surface area (Å²) in [6.45, 7) is 2.12. The highest BCUT2D eigenvalue weighted by molar-refractivity contribution is 5.39. The van der Waals surface area contributed by atoms with Gasteiger partial charge in [0.2, 0.25) is 0 Å². The minimum absolute atomic E-state index is 0.0768. The molecule has 0 saturated heterocycles. The van der Waals surface area contributed by atoms with Crippen LogP contribution in [0.2, 0.25) is 0 Å². The molecule has 3 N–H and O–H groups in total. The van der Waals surface area contributed by atoms with Crippen molar-refractivity contribution in [2.45, 2.75) is 64.4 Å². The largest absolute Gasteiger partial charge is 0.399 e. The smallest absolute Gasteiger partial charge is 0.0540 e. The summed E-state index contributed by atoms with van der Waals surface area (Å²) in [6.07, 6.45) is 8.93. The molecule has 1 aromatic carbocycles. The minimum Gasteiger partial charge on any atom is -0.399 e. The maximum absolute atomic E-state index is 9.60. The molecule has 0 aliphatic carbocycles. The molecule has 1 aromatic rings. The number of nitrogens with two attached hydrogens (primary N) is 1. The summed E-state index contributed by atoms with van der Waals surface area (Å²) in [5, 5.41) is 9.60. The van der Waals surface area contributed by atoms with Gasteiger partial charge >= 0.3 is 0 Å². The lowest BCUT2D eigenvalue weighted by Crippen LogP contribution is -2.04. The van der Waals surface area contributed by atoms with E-state index in [1.165, 1.54) is 24.8 Å². The molecule has 0 amide bonds. The van der Waals surface area contributed by atoms with E-state index in [1.54, 1.807) is 0 Å². The molecule has 1 unspecified atom stereocenters. The second-order valence-electron chi connectivity index (χ2n) is 5.14. The molecule has 0 fully saturated rings. The van der Waals surface area contributed by atoms with Crippen molar-refractivity contribution in [3.8, 4) is 0 Å². The van der Waals surface area contributed by atoms with Crippen molar-refractivity contribution in [2.75, 3.05) is 5.73 Å². The number of anilines is 1. The zero-order valence-electron chi connectivity index (χ0n) is 11.6. The predicted octanol–water partition coefficient (Wildman–Crippen LogP) is 3.92. The van der Waals surface area contributed by atoms with Gasteiger partial charge < -0.3 is 10.8 Å². The van der Waals surface area contributed by atoms with Crippen LogP contribution in [-0.4, -0.2) is 11.2 Å². The maximum Gasteiger partial charge on any atom is 0.0540 e. The zero-order chi connectivity index (χ0) is 13.2. The lowest BCUT2D eigenvalue weighted by atomic mass is 10.0. The molecule has 1 rings (SSSR count). The number of rotatable bonds is 9. The monoisotopic (exact) mass is 249 g/mol. The van der Waals surface area contributed by atoms with Gasteiger partial charge in [0.05, 0.1) is 6.10 Å². The van der Waals surface area contributed by atoms with Crippen LogP contribution in [0.4, 0.5) is 5.69 Å². The van der Waals surface area contributed by atoms with Gasteiger partial charge in [-0.2, -0.15) is 0 Å². The normalized spacial score (nSPS) is 12.6. The second-order valence-corrected chi connectivity index (χ2v) is 5.14. The van der Waals surface area contributed by atoms with Gasteiger partial charge in [0, 0.05) is 5.69 Å². The van der Waals surface area contributed by atoms with E-state index in [1.807, 2.05) is 12.1 Å². The van der Waals surface area contributed by atoms with Crippen molar-refractivity contribution in [3.63, 3.8) is 0 Å². The number of aliphatic hydroxyl groups is 1. The van der Waals surface area contributed by atoms with E-state index in [9.17, 15) is 5.11 Å². The Morgan fingerprint density at radius 1 is 1.00 bits per heavy atom. The molecule has 18 heavy (non-hydrogen) atoms. The van der Waals surface area contributed by atoms with E-state index >= 15 is 0 Å². The van der Waals surface area contributed by atoms with Crippen LogP contribution < -0.4 is 5.73 Å². The Labute approximate surface area is 111 Å². The third-order valence-corrected chi connectivity index (χ3v) is 3.35. The topological polar surface area (TPSA) is 46.2 Å². The Morgan fingerprint density at radius 3 is 2.33 bits per heavy atom. The quantitative estimate of drug-likeness (QED) is 0.514. The number of benzene rings is 1. The average molecular weight is 249 g/mol. The maximum atomic E-state index is 9.60. The van der Waals surface area contributed by atoms with E-state index < -0.39 is 0 Å².